The lowest BCUT2D eigenvalue weighted by Gasteiger charge is -2.21. The van der Waals surface area contributed by atoms with Crippen LogP contribution >= 0.6 is 0 Å². The molecule has 1 aromatic heterocycles. The second-order valence-corrected chi connectivity index (χ2v) is 5.68. The molecule has 0 saturated carbocycles. The Morgan fingerprint density at radius 3 is 2.39 bits per heavy atom. The molecule has 0 fully saturated rings. The van der Waals surface area contributed by atoms with Gasteiger partial charge in [-0.2, -0.15) is 0 Å². The zero-order chi connectivity index (χ0) is 16.8. The standard InChI is InChI=1S/C18H26N4O/c1-6-15-7-9-16(10-8-15)12-22(5)18(19-4)20-11-17-21-13(2)14(3)23-17/h7-10H,6,11-12H2,1-5H3,(H,19,20). The topological polar surface area (TPSA) is 53.7 Å². The summed E-state index contributed by atoms with van der Waals surface area (Å²) in [5.74, 6) is 2.36. The van der Waals surface area contributed by atoms with Gasteiger partial charge in [-0.25, -0.2) is 4.98 Å². The van der Waals surface area contributed by atoms with E-state index in [1.165, 1.54) is 11.1 Å². The predicted octanol–water partition coefficient (Wildman–Crippen LogP) is 3.06. The highest BCUT2D eigenvalue weighted by molar-refractivity contribution is 5.79. The normalized spacial score (nSPS) is 11.6. The molecular formula is C18H26N4O. The van der Waals surface area contributed by atoms with Gasteiger partial charge in [0.05, 0.1) is 12.2 Å². The Morgan fingerprint density at radius 2 is 1.87 bits per heavy atom. The van der Waals surface area contributed by atoms with E-state index in [0.717, 1.165) is 30.4 Å². The molecule has 0 bridgehead atoms. The highest BCUT2D eigenvalue weighted by atomic mass is 16.4. The third kappa shape index (κ3) is 4.58. The molecule has 0 spiro atoms. The second-order valence-electron chi connectivity index (χ2n) is 5.68. The molecule has 0 atom stereocenters. The lowest BCUT2D eigenvalue weighted by Crippen LogP contribution is -2.38. The van der Waals surface area contributed by atoms with E-state index in [4.69, 9.17) is 4.42 Å². The molecule has 1 heterocycles. The van der Waals surface area contributed by atoms with Crippen molar-refractivity contribution in [2.45, 2.75) is 40.3 Å². The monoisotopic (exact) mass is 314 g/mol. The van der Waals surface area contributed by atoms with Gasteiger partial charge in [-0.15, -0.1) is 0 Å². The molecule has 5 nitrogen and oxygen atoms in total. The molecule has 2 rings (SSSR count). The smallest absolute Gasteiger partial charge is 0.214 e. The summed E-state index contributed by atoms with van der Waals surface area (Å²) in [6.45, 7) is 7.36. The molecule has 0 aliphatic heterocycles. The number of hydrogen-bond acceptors (Lipinski definition) is 3. The van der Waals surface area contributed by atoms with Crippen molar-refractivity contribution in [2.24, 2.45) is 4.99 Å². The molecule has 5 heteroatoms. The van der Waals surface area contributed by atoms with E-state index in [1.54, 1.807) is 7.05 Å². The van der Waals surface area contributed by atoms with Crippen LogP contribution in [0.15, 0.2) is 33.7 Å². The number of nitrogens with one attached hydrogen (secondary N) is 1. The molecule has 0 aliphatic rings. The number of aromatic nitrogens is 1. The summed E-state index contributed by atoms with van der Waals surface area (Å²) in [4.78, 5) is 10.8. The average molecular weight is 314 g/mol. The summed E-state index contributed by atoms with van der Waals surface area (Å²) in [7, 11) is 3.81. The summed E-state index contributed by atoms with van der Waals surface area (Å²) < 4.78 is 5.59. The summed E-state index contributed by atoms with van der Waals surface area (Å²) in [5, 5.41) is 3.29. The molecule has 2 aromatic rings. The summed E-state index contributed by atoms with van der Waals surface area (Å²) in [5.41, 5.74) is 3.55. The van der Waals surface area contributed by atoms with Gasteiger partial charge in [0, 0.05) is 20.6 Å². The van der Waals surface area contributed by atoms with Crippen molar-refractivity contribution in [2.75, 3.05) is 14.1 Å². The molecule has 1 aromatic carbocycles. The van der Waals surface area contributed by atoms with Gasteiger partial charge in [-0.05, 0) is 31.4 Å². The number of guanidine groups is 1. The lowest BCUT2D eigenvalue weighted by atomic mass is 10.1. The minimum absolute atomic E-state index is 0.528. The zero-order valence-electron chi connectivity index (χ0n) is 14.7. The fourth-order valence-electron chi connectivity index (χ4n) is 2.38. The molecule has 1 N–H and O–H groups in total. The van der Waals surface area contributed by atoms with Gasteiger partial charge >= 0.3 is 0 Å². The van der Waals surface area contributed by atoms with Gasteiger partial charge in [0.2, 0.25) is 5.89 Å². The SMILES string of the molecule is CCc1ccc(CN(C)C(=NC)NCc2nc(C)c(C)o2)cc1. The maximum Gasteiger partial charge on any atom is 0.214 e. The molecule has 0 aliphatic carbocycles. The molecule has 0 unspecified atom stereocenters. The summed E-state index contributed by atoms with van der Waals surface area (Å²) >= 11 is 0. The van der Waals surface area contributed by atoms with Crippen LogP contribution in [0.1, 0.15) is 35.4 Å². The van der Waals surface area contributed by atoms with Crippen molar-refractivity contribution < 1.29 is 4.42 Å². The number of oxazole rings is 1. The molecule has 23 heavy (non-hydrogen) atoms. The molecule has 0 radical (unpaired) electrons. The quantitative estimate of drug-likeness (QED) is 0.681. The fraction of sp³-hybridized carbons (Fsp3) is 0.444. The van der Waals surface area contributed by atoms with Gasteiger partial charge in [0.15, 0.2) is 5.96 Å². The second kappa shape index (κ2) is 7.81. The van der Waals surface area contributed by atoms with Gasteiger partial charge in [-0.3, -0.25) is 4.99 Å². The fourth-order valence-corrected chi connectivity index (χ4v) is 2.38. The van der Waals surface area contributed by atoms with Crippen molar-refractivity contribution in [3.05, 3.63) is 52.7 Å². The first kappa shape index (κ1) is 17.1. The largest absolute Gasteiger partial charge is 0.444 e. The van der Waals surface area contributed by atoms with Gasteiger partial charge < -0.3 is 14.6 Å². The van der Waals surface area contributed by atoms with E-state index in [2.05, 4.69) is 51.4 Å². The van der Waals surface area contributed by atoms with Crippen LogP contribution in [0.3, 0.4) is 0 Å². The van der Waals surface area contributed by atoms with Crippen molar-refractivity contribution in [1.82, 2.24) is 15.2 Å². The molecular weight excluding hydrogens is 288 g/mol. The number of aliphatic imine (C=N–C) groups is 1. The van der Waals surface area contributed by atoms with Crippen molar-refractivity contribution in [3.8, 4) is 0 Å². The first-order chi connectivity index (χ1) is 11.0. The van der Waals surface area contributed by atoms with E-state index < -0.39 is 0 Å². The minimum atomic E-state index is 0.528. The van der Waals surface area contributed by atoms with E-state index >= 15 is 0 Å². The molecule has 0 amide bonds. The highest BCUT2D eigenvalue weighted by Crippen LogP contribution is 2.09. The van der Waals surface area contributed by atoms with E-state index in [0.29, 0.717) is 12.4 Å². The Kier molecular flexibility index (Phi) is 5.79. The Hall–Kier alpha value is -2.30. The van der Waals surface area contributed by atoms with E-state index in [9.17, 15) is 0 Å². The maximum absolute atomic E-state index is 5.59. The van der Waals surface area contributed by atoms with E-state index in [-0.39, 0.29) is 0 Å². The number of rotatable bonds is 5. The van der Waals surface area contributed by atoms with Crippen LogP contribution in [0.4, 0.5) is 0 Å². The van der Waals surface area contributed by atoms with Crippen LogP contribution in [0.5, 0.6) is 0 Å². The third-order valence-corrected chi connectivity index (χ3v) is 3.89. The number of benzene rings is 1. The first-order valence-corrected chi connectivity index (χ1v) is 7.96. The first-order valence-electron chi connectivity index (χ1n) is 7.96. The Labute approximate surface area is 138 Å². The Morgan fingerprint density at radius 1 is 1.22 bits per heavy atom. The van der Waals surface area contributed by atoms with Crippen LogP contribution in [0.25, 0.3) is 0 Å². The number of nitrogens with zero attached hydrogens (tertiary/aromatic N) is 3. The van der Waals surface area contributed by atoms with Crippen LogP contribution in [0.2, 0.25) is 0 Å². The van der Waals surface area contributed by atoms with Crippen LogP contribution < -0.4 is 5.32 Å². The van der Waals surface area contributed by atoms with Crippen molar-refractivity contribution in [3.63, 3.8) is 0 Å². The zero-order valence-corrected chi connectivity index (χ0v) is 14.7. The van der Waals surface area contributed by atoms with Crippen LogP contribution in [0, 0.1) is 13.8 Å². The number of hydrogen-bond donors (Lipinski definition) is 1. The Balaban J connectivity index is 1.93. The Bertz CT molecular complexity index is 639. The highest BCUT2D eigenvalue weighted by Gasteiger charge is 2.10. The molecule has 0 saturated heterocycles. The van der Waals surface area contributed by atoms with Gasteiger partial charge in [0.1, 0.15) is 5.76 Å². The van der Waals surface area contributed by atoms with E-state index in [1.807, 2.05) is 20.9 Å². The summed E-state index contributed by atoms with van der Waals surface area (Å²) in [6, 6.07) is 8.70. The van der Waals surface area contributed by atoms with Gasteiger partial charge in [0.25, 0.3) is 0 Å². The number of aryl methyl sites for hydroxylation is 3. The maximum atomic E-state index is 5.59. The van der Waals surface area contributed by atoms with Crippen LogP contribution in [-0.2, 0) is 19.5 Å². The molecule has 124 valence electrons. The third-order valence-electron chi connectivity index (χ3n) is 3.89. The van der Waals surface area contributed by atoms with Gasteiger partial charge in [-0.1, -0.05) is 31.2 Å². The average Bonchev–Trinajstić information content (AvgIpc) is 2.87. The van der Waals surface area contributed by atoms with Crippen molar-refractivity contribution >= 4 is 5.96 Å². The minimum Gasteiger partial charge on any atom is -0.444 e. The predicted molar refractivity (Wildman–Crippen MR) is 93.5 cm³/mol. The summed E-state index contributed by atoms with van der Waals surface area (Å²) in [6.07, 6.45) is 1.06. The lowest BCUT2D eigenvalue weighted by molar-refractivity contribution is 0.443. The van der Waals surface area contributed by atoms with Crippen molar-refractivity contribution in [1.29, 1.82) is 0 Å². The van der Waals surface area contributed by atoms with Crippen LogP contribution in [-0.4, -0.2) is 29.9 Å².